The zero-order valence-electron chi connectivity index (χ0n) is 24.9. The molecule has 2 heterocycles. The molecule has 232 valence electrons. The van der Waals surface area contributed by atoms with Crippen molar-refractivity contribution in [3.05, 3.63) is 168 Å². The first-order valence-corrected chi connectivity index (χ1v) is 18.1. The molecule has 6 aromatic rings. The fraction of sp³-hybridized carbons (Fsp3) is 0.108. The third kappa shape index (κ3) is 6.51. The molecule has 0 aliphatic heterocycles. The number of allylic oxidation sites excluding steroid dienone is 2. The zero-order valence-corrected chi connectivity index (χ0v) is 26.6. The Morgan fingerprint density at radius 3 is 1.28 bits per heavy atom. The van der Waals surface area contributed by atoms with Crippen LogP contribution in [0.2, 0.25) is 0 Å². The molecule has 0 aliphatic rings. The van der Waals surface area contributed by atoms with E-state index in [1.54, 1.807) is 72.8 Å². The van der Waals surface area contributed by atoms with Crippen LogP contribution in [0.15, 0.2) is 146 Å². The molecular weight excluding hydrogens is 617 g/mol. The number of hydrogen-bond acceptors (Lipinski definition) is 5. The summed E-state index contributed by atoms with van der Waals surface area (Å²) < 4.78 is 57.5. The number of carbonyl (C=O) groups excluding carboxylic acids is 1. The van der Waals surface area contributed by atoms with Gasteiger partial charge in [0.25, 0.3) is 0 Å². The molecule has 4 aromatic carbocycles. The predicted molar refractivity (Wildman–Crippen MR) is 184 cm³/mol. The number of carbonyl (C=O) groups is 1. The number of rotatable bonds is 12. The van der Waals surface area contributed by atoms with Crippen molar-refractivity contribution in [2.45, 2.75) is 12.8 Å². The fourth-order valence-electron chi connectivity index (χ4n) is 5.50. The molecule has 0 bridgehead atoms. The van der Waals surface area contributed by atoms with Gasteiger partial charge in [-0.2, -0.15) is 0 Å². The average Bonchev–Trinajstić information content (AvgIpc) is 3.66. The smallest absolute Gasteiger partial charge is 0.243 e. The average molecular weight is 649 g/mol. The van der Waals surface area contributed by atoms with Crippen LogP contribution < -0.4 is 0 Å². The Kier molecular flexibility index (Phi) is 8.87. The van der Waals surface area contributed by atoms with E-state index in [-0.39, 0.29) is 22.9 Å². The van der Waals surface area contributed by atoms with Gasteiger partial charge >= 0.3 is 0 Å². The molecule has 0 N–H and O–H groups in total. The summed E-state index contributed by atoms with van der Waals surface area (Å²) in [7, 11) is -8.13. The van der Waals surface area contributed by atoms with Gasteiger partial charge in [-0.25, -0.2) is 24.8 Å². The Morgan fingerprint density at radius 1 is 0.500 bits per heavy atom. The highest BCUT2D eigenvalue weighted by Crippen LogP contribution is 2.29. The third-order valence-corrected chi connectivity index (χ3v) is 10.8. The van der Waals surface area contributed by atoms with E-state index in [0.717, 1.165) is 19.1 Å². The quantitative estimate of drug-likeness (QED) is 0.108. The van der Waals surface area contributed by atoms with Crippen LogP contribution >= 0.6 is 0 Å². The van der Waals surface area contributed by atoms with Gasteiger partial charge in [0, 0.05) is 10.8 Å². The van der Waals surface area contributed by atoms with E-state index in [1.807, 2.05) is 60.7 Å². The van der Waals surface area contributed by atoms with Crippen LogP contribution in [0.5, 0.6) is 0 Å². The van der Waals surface area contributed by atoms with E-state index in [9.17, 15) is 21.6 Å². The van der Waals surface area contributed by atoms with Gasteiger partial charge in [-0.1, -0.05) is 121 Å². The molecule has 0 saturated carbocycles. The molecular formula is C37H32N2O5S2. The molecule has 0 unspecified atom stereocenters. The highest BCUT2D eigenvalue weighted by molar-refractivity contribution is 7.90. The maximum absolute atomic E-state index is 14.3. The highest BCUT2D eigenvalue weighted by Gasteiger charge is 2.30. The third-order valence-electron chi connectivity index (χ3n) is 7.69. The molecule has 6 rings (SSSR count). The van der Waals surface area contributed by atoms with E-state index >= 15 is 0 Å². The summed E-state index contributed by atoms with van der Waals surface area (Å²) >= 11 is 0. The molecule has 0 saturated heterocycles. The molecule has 0 spiro atoms. The first-order valence-electron chi connectivity index (χ1n) is 14.8. The molecule has 7 nitrogen and oxygen atoms in total. The predicted octanol–water partition coefficient (Wildman–Crippen LogP) is 6.78. The van der Waals surface area contributed by atoms with Crippen molar-refractivity contribution in [1.29, 1.82) is 0 Å². The lowest BCUT2D eigenvalue weighted by molar-refractivity contribution is 0.102. The van der Waals surface area contributed by atoms with E-state index < -0.39 is 25.8 Å². The second kappa shape index (κ2) is 13.2. The molecule has 9 heteroatoms. The van der Waals surface area contributed by atoms with Gasteiger partial charge in [0.15, 0.2) is 0 Å². The van der Waals surface area contributed by atoms with Crippen LogP contribution in [0, 0.1) is 0 Å². The Balaban J connectivity index is 1.37. The molecule has 0 amide bonds. The summed E-state index contributed by atoms with van der Waals surface area (Å²) in [6, 6.07) is 36.0. The van der Waals surface area contributed by atoms with Crippen LogP contribution in [0.4, 0.5) is 0 Å². The van der Waals surface area contributed by atoms with Crippen LogP contribution in [-0.2, 0) is 32.9 Å². The van der Waals surface area contributed by atoms with Gasteiger partial charge in [-0.05, 0) is 48.2 Å². The second-order valence-corrected chi connectivity index (χ2v) is 14.6. The molecule has 0 atom stereocenters. The minimum atomic E-state index is -4.06. The number of para-hydroxylation sites is 2. The normalized spacial score (nSPS) is 12.5. The molecule has 0 aliphatic carbocycles. The van der Waals surface area contributed by atoms with E-state index in [0.29, 0.717) is 34.6 Å². The molecule has 2 aromatic heterocycles. The SMILES string of the molecule is O=C(c1cc2ccccc2n1S(=O)(=O)CC=CCc1ccccc1)c1cc2ccccc2n1S(=O)(=O)CC=CCc1ccccc1. The number of benzene rings is 4. The summed E-state index contributed by atoms with van der Waals surface area (Å²) in [6.07, 6.45) is 7.85. The fourth-order valence-corrected chi connectivity index (χ4v) is 8.36. The van der Waals surface area contributed by atoms with Crippen molar-refractivity contribution in [3.63, 3.8) is 0 Å². The Labute approximate surface area is 268 Å². The topological polar surface area (TPSA) is 95.2 Å². The van der Waals surface area contributed by atoms with E-state index in [4.69, 9.17) is 0 Å². The largest absolute Gasteiger partial charge is 0.285 e. The summed E-state index contributed by atoms with van der Waals surface area (Å²) in [4.78, 5) is 14.3. The Morgan fingerprint density at radius 2 is 0.870 bits per heavy atom. The van der Waals surface area contributed by atoms with Crippen LogP contribution in [0.25, 0.3) is 21.8 Å². The summed E-state index contributed by atoms with van der Waals surface area (Å²) in [5, 5.41) is 1.11. The Hall–Kier alpha value is -4.99. The van der Waals surface area contributed by atoms with Gasteiger partial charge in [-0.15, -0.1) is 0 Å². The minimum absolute atomic E-state index is 0.128. The van der Waals surface area contributed by atoms with Crippen LogP contribution in [0.3, 0.4) is 0 Å². The second-order valence-electron chi connectivity index (χ2n) is 10.9. The van der Waals surface area contributed by atoms with E-state index in [2.05, 4.69) is 0 Å². The lowest BCUT2D eigenvalue weighted by Crippen LogP contribution is -2.24. The van der Waals surface area contributed by atoms with Crippen molar-refractivity contribution < 1.29 is 21.6 Å². The highest BCUT2D eigenvalue weighted by atomic mass is 32.2. The maximum Gasteiger partial charge on any atom is 0.243 e. The van der Waals surface area contributed by atoms with Crippen LogP contribution in [0.1, 0.15) is 27.3 Å². The van der Waals surface area contributed by atoms with Crippen molar-refractivity contribution in [2.24, 2.45) is 0 Å². The molecule has 0 radical (unpaired) electrons. The number of ketones is 1. The van der Waals surface area contributed by atoms with Gasteiger partial charge in [-0.3, -0.25) is 4.79 Å². The monoisotopic (exact) mass is 648 g/mol. The number of hydrogen-bond donors (Lipinski definition) is 0. The first-order chi connectivity index (χ1) is 22.2. The van der Waals surface area contributed by atoms with Gasteiger partial charge < -0.3 is 0 Å². The standard InChI is InChI=1S/C37H32N2O5S2/c40-37(35-27-31-21-7-9-23-33(31)38(35)45(41,42)25-13-11-19-29-15-3-1-4-16-29)36-28-32-22-8-10-24-34(32)39(36)46(43,44)26-14-12-20-30-17-5-2-6-18-30/h1-18,21-24,27-28H,19-20,25-26H2. The van der Waals surface area contributed by atoms with Crippen molar-refractivity contribution in [1.82, 2.24) is 7.94 Å². The lowest BCUT2D eigenvalue weighted by Gasteiger charge is -2.13. The van der Waals surface area contributed by atoms with Crippen molar-refractivity contribution in [2.75, 3.05) is 11.5 Å². The zero-order chi connectivity index (χ0) is 32.1. The number of aromatic nitrogens is 2. The molecule has 0 fully saturated rings. The van der Waals surface area contributed by atoms with Gasteiger partial charge in [0.2, 0.25) is 25.8 Å². The van der Waals surface area contributed by atoms with E-state index in [1.165, 1.54) is 12.1 Å². The molecule has 46 heavy (non-hydrogen) atoms. The van der Waals surface area contributed by atoms with Gasteiger partial charge in [0.05, 0.1) is 22.5 Å². The summed E-state index contributed by atoms with van der Waals surface area (Å²) in [5.74, 6) is -1.39. The van der Waals surface area contributed by atoms with Crippen LogP contribution in [-0.4, -0.2) is 42.1 Å². The van der Waals surface area contributed by atoms with Crippen molar-refractivity contribution >= 4 is 47.6 Å². The summed E-state index contributed by atoms with van der Waals surface area (Å²) in [6.45, 7) is 0. The Bertz CT molecular complexity index is 2140. The number of fused-ring (bicyclic) bond motifs is 2. The minimum Gasteiger partial charge on any atom is -0.285 e. The maximum atomic E-state index is 14.3. The lowest BCUT2D eigenvalue weighted by atomic mass is 10.1. The van der Waals surface area contributed by atoms with Crippen molar-refractivity contribution in [3.8, 4) is 0 Å². The summed E-state index contributed by atoms with van der Waals surface area (Å²) in [5.41, 5.74) is 2.52. The van der Waals surface area contributed by atoms with Gasteiger partial charge in [0.1, 0.15) is 11.4 Å². The first kappa shape index (κ1) is 31.0. The number of nitrogens with zero attached hydrogens (tertiary/aromatic N) is 2.